The van der Waals surface area contributed by atoms with Crippen LogP contribution in [-0.4, -0.2) is 32.9 Å². The van der Waals surface area contributed by atoms with Crippen molar-refractivity contribution in [2.24, 2.45) is 0 Å². The molecule has 5 nitrogen and oxygen atoms in total. The summed E-state index contributed by atoms with van der Waals surface area (Å²) >= 11 is 11.5. The largest absolute Gasteiger partial charge is 0.446 e. The molecule has 1 aliphatic rings. The van der Waals surface area contributed by atoms with Crippen molar-refractivity contribution in [2.75, 3.05) is 4.90 Å². The highest BCUT2D eigenvalue weighted by Gasteiger charge is 2.51. The van der Waals surface area contributed by atoms with Gasteiger partial charge in [0.1, 0.15) is 15.8 Å². The first-order valence-electron chi connectivity index (χ1n) is 8.22. The number of hydrogen-bond acceptors (Lipinski definition) is 4. The summed E-state index contributed by atoms with van der Waals surface area (Å²) in [6.45, 7) is 3.23. The lowest BCUT2D eigenvalue weighted by Gasteiger charge is -2.27. The number of pyridine rings is 1. The van der Waals surface area contributed by atoms with Crippen LogP contribution in [-0.2, 0) is 11.3 Å². The molecule has 0 unspecified atom stereocenters. The third-order valence-corrected chi connectivity index (χ3v) is 5.44. The van der Waals surface area contributed by atoms with E-state index >= 15 is 0 Å². The fourth-order valence-electron chi connectivity index (χ4n) is 2.91. The molecule has 0 spiro atoms. The predicted octanol–water partition coefficient (Wildman–Crippen LogP) is 5.75. The first-order chi connectivity index (χ1) is 13.4. The summed E-state index contributed by atoms with van der Waals surface area (Å²) in [7, 11) is 0. The van der Waals surface area contributed by atoms with Crippen molar-refractivity contribution in [2.45, 2.75) is 36.3 Å². The lowest BCUT2D eigenvalue weighted by Crippen LogP contribution is -2.43. The molecule has 0 bridgehead atoms. The molecule has 0 N–H and O–H groups in total. The van der Waals surface area contributed by atoms with Crippen LogP contribution >= 0.6 is 35.0 Å². The van der Waals surface area contributed by atoms with Gasteiger partial charge in [-0.25, -0.2) is 14.7 Å². The molecule has 0 saturated carbocycles. The van der Waals surface area contributed by atoms with Gasteiger partial charge in [-0.15, -0.1) is 0 Å². The van der Waals surface area contributed by atoms with Crippen molar-refractivity contribution in [1.82, 2.24) is 9.88 Å². The van der Waals surface area contributed by atoms with E-state index in [1.165, 1.54) is 41.3 Å². The quantitative estimate of drug-likeness (QED) is 0.329. The minimum Gasteiger partial charge on any atom is -0.305 e. The molecule has 1 saturated heterocycles. The van der Waals surface area contributed by atoms with Crippen LogP contribution in [0.4, 0.5) is 23.7 Å². The summed E-state index contributed by atoms with van der Waals surface area (Å²) in [6, 6.07) is 7.52. The lowest BCUT2D eigenvalue weighted by atomic mass is 10.0. The van der Waals surface area contributed by atoms with Crippen LogP contribution < -0.4 is 4.90 Å². The Labute approximate surface area is 178 Å². The minimum absolute atomic E-state index is 0.0440. The Morgan fingerprint density at radius 3 is 2.14 bits per heavy atom. The van der Waals surface area contributed by atoms with Crippen LogP contribution in [0.3, 0.4) is 0 Å². The Hall–Kier alpha value is -1.97. The highest BCUT2D eigenvalue weighted by Crippen LogP contribution is 2.39. The van der Waals surface area contributed by atoms with Crippen molar-refractivity contribution in [1.29, 1.82) is 0 Å². The summed E-state index contributed by atoms with van der Waals surface area (Å²) in [5.41, 5.74) is -4.83. The van der Waals surface area contributed by atoms with Crippen molar-refractivity contribution < 1.29 is 22.8 Å². The van der Waals surface area contributed by atoms with Gasteiger partial charge in [-0.1, -0.05) is 23.2 Å². The molecule has 29 heavy (non-hydrogen) atoms. The summed E-state index contributed by atoms with van der Waals surface area (Å²) in [5.74, 6) is -0.495. The van der Waals surface area contributed by atoms with Gasteiger partial charge in [0.05, 0.1) is 5.69 Å². The van der Waals surface area contributed by atoms with Crippen molar-refractivity contribution in [3.05, 3.63) is 52.3 Å². The van der Waals surface area contributed by atoms with Gasteiger partial charge in [-0.05, 0) is 67.6 Å². The van der Waals surface area contributed by atoms with Crippen LogP contribution in [0.2, 0.25) is 10.3 Å². The predicted molar refractivity (Wildman–Crippen MR) is 105 cm³/mol. The van der Waals surface area contributed by atoms with Crippen LogP contribution in [0.5, 0.6) is 0 Å². The molecule has 2 aromatic rings. The summed E-state index contributed by atoms with van der Waals surface area (Å²) in [6.07, 6.45) is 0. The summed E-state index contributed by atoms with van der Waals surface area (Å²) < 4.78 is 37.5. The van der Waals surface area contributed by atoms with Gasteiger partial charge < -0.3 is 4.90 Å². The molecular formula is C18H14Cl2F3N3O2S. The Bertz CT molecular complexity index is 948. The van der Waals surface area contributed by atoms with E-state index in [0.29, 0.717) is 5.56 Å². The number of alkyl halides is 3. The number of hydrogen-bond donors (Lipinski definition) is 0. The third kappa shape index (κ3) is 4.62. The molecular weight excluding hydrogens is 450 g/mol. The molecule has 1 aromatic heterocycles. The lowest BCUT2D eigenvalue weighted by molar-refractivity contribution is -0.123. The number of imide groups is 1. The number of urea groups is 1. The maximum Gasteiger partial charge on any atom is 0.446 e. The number of nitrogens with zero attached hydrogens (tertiary/aromatic N) is 3. The second-order valence-electron chi connectivity index (χ2n) is 6.73. The Morgan fingerprint density at radius 2 is 1.62 bits per heavy atom. The Kier molecular flexibility index (Phi) is 5.77. The number of thioether (sulfide) groups is 1. The first kappa shape index (κ1) is 21.7. The molecule has 3 amide bonds. The Morgan fingerprint density at radius 1 is 1.07 bits per heavy atom. The van der Waals surface area contributed by atoms with Crippen molar-refractivity contribution in [3.8, 4) is 0 Å². The van der Waals surface area contributed by atoms with Crippen molar-refractivity contribution >= 4 is 52.6 Å². The molecule has 0 aliphatic carbocycles. The van der Waals surface area contributed by atoms with E-state index in [-0.39, 0.29) is 39.2 Å². The molecule has 1 aliphatic heterocycles. The number of amides is 3. The van der Waals surface area contributed by atoms with Gasteiger partial charge >= 0.3 is 11.5 Å². The molecule has 2 heterocycles. The van der Waals surface area contributed by atoms with Crippen LogP contribution in [0.15, 0.2) is 41.3 Å². The van der Waals surface area contributed by atoms with Gasteiger partial charge in [0, 0.05) is 11.4 Å². The Balaban J connectivity index is 1.88. The van der Waals surface area contributed by atoms with E-state index in [1.54, 1.807) is 13.8 Å². The number of rotatable bonds is 4. The number of carbonyl (C=O) groups is 2. The van der Waals surface area contributed by atoms with E-state index in [0.717, 1.165) is 4.90 Å². The highest BCUT2D eigenvalue weighted by atomic mass is 35.5. The summed E-state index contributed by atoms with van der Waals surface area (Å²) in [4.78, 5) is 32.0. The maximum absolute atomic E-state index is 13.0. The number of halogens is 5. The number of benzene rings is 1. The fraction of sp³-hybridized carbons (Fsp3) is 0.278. The molecule has 11 heteroatoms. The average Bonchev–Trinajstić information content (AvgIpc) is 2.74. The van der Waals surface area contributed by atoms with E-state index in [2.05, 4.69) is 4.98 Å². The number of aromatic nitrogens is 1. The molecule has 1 aromatic carbocycles. The normalized spacial score (nSPS) is 16.7. The maximum atomic E-state index is 13.0. The molecule has 3 rings (SSSR count). The van der Waals surface area contributed by atoms with Crippen molar-refractivity contribution in [3.63, 3.8) is 0 Å². The number of anilines is 1. The van der Waals surface area contributed by atoms with Gasteiger partial charge in [0.25, 0.3) is 5.91 Å². The molecule has 0 radical (unpaired) electrons. The zero-order valence-corrected chi connectivity index (χ0v) is 17.5. The zero-order valence-electron chi connectivity index (χ0n) is 15.1. The van der Waals surface area contributed by atoms with E-state index < -0.39 is 23.0 Å². The molecule has 0 atom stereocenters. The van der Waals surface area contributed by atoms with Gasteiger partial charge in [-0.3, -0.25) is 4.79 Å². The third-order valence-electron chi connectivity index (χ3n) is 4.32. The van der Waals surface area contributed by atoms with Gasteiger partial charge in [0.2, 0.25) is 0 Å². The first-order valence-corrected chi connectivity index (χ1v) is 9.79. The standard InChI is InChI=1S/C18H14Cl2F3N3O2S/c1-17(2)15(27)26(11-3-5-12(6-4-11)29-18(21,22)23)16(28)25(17)9-10-7-13(19)24-14(20)8-10/h3-8H,9H2,1-2H3. The SMILES string of the molecule is CC1(C)C(=O)N(c2ccc(SC(F)(F)F)cc2)C(=O)N1Cc1cc(Cl)nc(Cl)c1. The zero-order chi connectivity index (χ0) is 21.6. The number of carbonyl (C=O) groups excluding carboxylic acids is 2. The van der Waals surface area contributed by atoms with Crippen LogP contribution in [0.1, 0.15) is 19.4 Å². The van der Waals surface area contributed by atoms with E-state index in [9.17, 15) is 22.8 Å². The molecule has 1 fully saturated rings. The second kappa shape index (κ2) is 7.70. The minimum atomic E-state index is -4.42. The summed E-state index contributed by atoms with van der Waals surface area (Å²) in [5, 5.41) is 0.302. The van der Waals surface area contributed by atoms with E-state index in [4.69, 9.17) is 23.2 Å². The average molecular weight is 464 g/mol. The topological polar surface area (TPSA) is 53.5 Å². The van der Waals surface area contributed by atoms with E-state index in [1.807, 2.05) is 0 Å². The highest BCUT2D eigenvalue weighted by molar-refractivity contribution is 8.00. The monoisotopic (exact) mass is 463 g/mol. The fourth-order valence-corrected chi connectivity index (χ4v) is 3.96. The second-order valence-corrected chi connectivity index (χ2v) is 8.64. The van der Waals surface area contributed by atoms with Gasteiger partial charge in [-0.2, -0.15) is 13.2 Å². The molecule has 154 valence electrons. The smallest absolute Gasteiger partial charge is 0.305 e. The van der Waals surface area contributed by atoms with Crippen LogP contribution in [0.25, 0.3) is 0 Å². The van der Waals surface area contributed by atoms with Gasteiger partial charge in [0.15, 0.2) is 0 Å². The van der Waals surface area contributed by atoms with Crippen LogP contribution in [0, 0.1) is 0 Å².